The van der Waals surface area contributed by atoms with Crippen LogP contribution in [0.5, 0.6) is 5.75 Å². The van der Waals surface area contributed by atoms with Gasteiger partial charge in [0.05, 0.1) is 17.6 Å². The Morgan fingerprint density at radius 2 is 1.02 bits per heavy atom. The van der Waals surface area contributed by atoms with Crippen LogP contribution in [-0.2, 0) is 13.2 Å². The lowest BCUT2D eigenvalue weighted by Crippen LogP contribution is -2.29. The van der Waals surface area contributed by atoms with Crippen molar-refractivity contribution in [3.05, 3.63) is 148 Å². The Balaban J connectivity index is 0.000000169. The van der Waals surface area contributed by atoms with E-state index in [0.717, 1.165) is 98.5 Å². The van der Waals surface area contributed by atoms with Gasteiger partial charge >= 0.3 is 0 Å². The number of halogens is 3. The zero-order valence-electron chi connectivity index (χ0n) is 33.7. The highest BCUT2D eigenvalue weighted by atomic mass is 35.5. The molecule has 0 atom stereocenters. The van der Waals surface area contributed by atoms with Crippen LogP contribution in [0.1, 0.15) is 61.0 Å². The van der Waals surface area contributed by atoms with E-state index in [-0.39, 0.29) is 18.2 Å². The number of benzene rings is 5. The van der Waals surface area contributed by atoms with Crippen LogP contribution in [0.3, 0.4) is 0 Å². The SMILES string of the molecule is Cc1nc2ccc(N3CCCCC3)cc2c(-c2ccc(F)cc2)c1CO.Cc1nc2ccc(N3CCCCC3)cc2c(-c2ccc(F)cc2)c1COc1ccc(Cl)cc1. The Morgan fingerprint density at radius 3 is 1.47 bits per heavy atom. The molecule has 59 heavy (non-hydrogen) atoms. The number of pyridine rings is 2. The van der Waals surface area contributed by atoms with Crippen LogP contribution in [0.2, 0.25) is 5.02 Å². The number of aromatic nitrogens is 2. The molecule has 2 aliphatic rings. The highest BCUT2D eigenvalue weighted by molar-refractivity contribution is 6.30. The van der Waals surface area contributed by atoms with E-state index >= 15 is 0 Å². The van der Waals surface area contributed by atoms with E-state index in [4.69, 9.17) is 21.3 Å². The van der Waals surface area contributed by atoms with Crippen molar-refractivity contribution in [2.45, 2.75) is 65.6 Å². The summed E-state index contributed by atoms with van der Waals surface area (Å²) in [4.78, 5) is 14.4. The van der Waals surface area contributed by atoms with E-state index in [1.54, 1.807) is 12.1 Å². The maximum Gasteiger partial charge on any atom is 0.123 e. The number of aliphatic hydroxyl groups excluding tert-OH is 1. The van der Waals surface area contributed by atoms with Crippen molar-refractivity contribution < 1.29 is 18.6 Å². The number of aliphatic hydroxyl groups is 1. The number of fused-ring (bicyclic) bond motifs is 2. The molecule has 2 aliphatic heterocycles. The Morgan fingerprint density at radius 1 is 0.576 bits per heavy atom. The molecule has 2 fully saturated rings. The van der Waals surface area contributed by atoms with Crippen molar-refractivity contribution in [3.8, 4) is 28.0 Å². The second-order valence-electron chi connectivity index (χ2n) is 15.5. The van der Waals surface area contributed by atoms with Crippen LogP contribution in [0.15, 0.2) is 109 Å². The second-order valence-corrected chi connectivity index (χ2v) is 16.0. The summed E-state index contributed by atoms with van der Waals surface area (Å²) in [6.07, 6.45) is 7.45. The van der Waals surface area contributed by atoms with Crippen LogP contribution in [0.4, 0.5) is 20.2 Å². The molecule has 4 heterocycles. The molecule has 2 aromatic heterocycles. The number of anilines is 2. The van der Waals surface area contributed by atoms with E-state index in [0.29, 0.717) is 11.6 Å². The Bertz CT molecular complexity index is 2550. The van der Waals surface area contributed by atoms with Crippen molar-refractivity contribution >= 4 is 44.8 Å². The molecule has 6 nitrogen and oxygen atoms in total. The van der Waals surface area contributed by atoms with E-state index in [1.807, 2.05) is 50.2 Å². The fourth-order valence-electron chi connectivity index (χ4n) is 8.47. The molecular weight excluding hydrogens is 762 g/mol. The monoisotopic (exact) mass is 810 g/mol. The van der Waals surface area contributed by atoms with Gasteiger partial charge in [-0.05, 0) is 160 Å². The average molecular weight is 811 g/mol. The Kier molecular flexibility index (Phi) is 12.4. The van der Waals surface area contributed by atoms with E-state index in [9.17, 15) is 13.9 Å². The summed E-state index contributed by atoms with van der Waals surface area (Å²) >= 11 is 6.02. The number of rotatable bonds is 8. The third kappa shape index (κ3) is 9.04. The normalized spacial score (nSPS) is 14.3. The van der Waals surface area contributed by atoms with Gasteiger partial charge in [-0.3, -0.25) is 9.97 Å². The topological polar surface area (TPSA) is 61.7 Å². The first-order valence-corrected chi connectivity index (χ1v) is 21.0. The summed E-state index contributed by atoms with van der Waals surface area (Å²) in [5.41, 5.74) is 11.6. The van der Waals surface area contributed by atoms with Crippen LogP contribution in [0, 0.1) is 25.5 Å². The number of hydrogen-bond acceptors (Lipinski definition) is 6. The predicted octanol–water partition coefficient (Wildman–Crippen LogP) is 12.4. The van der Waals surface area contributed by atoms with Crippen molar-refractivity contribution in [2.75, 3.05) is 36.0 Å². The lowest BCUT2D eigenvalue weighted by Gasteiger charge is -2.29. The summed E-state index contributed by atoms with van der Waals surface area (Å²) in [5.74, 6) is 0.233. The molecule has 1 N–H and O–H groups in total. The van der Waals surface area contributed by atoms with Gasteiger partial charge < -0.3 is 19.6 Å². The molecule has 0 radical (unpaired) electrons. The first-order valence-electron chi connectivity index (χ1n) is 20.6. The zero-order valence-corrected chi connectivity index (χ0v) is 34.4. The van der Waals surface area contributed by atoms with Gasteiger partial charge in [0.1, 0.15) is 24.0 Å². The molecule has 7 aromatic rings. The summed E-state index contributed by atoms with van der Waals surface area (Å²) in [7, 11) is 0. The van der Waals surface area contributed by atoms with Gasteiger partial charge in [-0.25, -0.2) is 8.78 Å². The molecule has 0 amide bonds. The highest BCUT2D eigenvalue weighted by Gasteiger charge is 2.20. The van der Waals surface area contributed by atoms with Gasteiger partial charge in [-0.1, -0.05) is 35.9 Å². The largest absolute Gasteiger partial charge is 0.489 e. The standard InChI is InChI=1S/C28H26ClFN2O.C22H23FN2O/c1-19-26(18-33-24-12-7-21(29)8-13-24)28(20-5-9-22(30)10-6-20)25-17-23(11-14-27(25)31-19)32-15-3-2-4-16-32;1-15-20(14-26)22(16-5-7-17(23)8-6-16)19-13-18(9-10-21(19)24-15)25-11-3-2-4-12-25/h5-14,17H,2-4,15-16,18H2,1H3;5-10,13,26H,2-4,11-12,14H2,1H3. The average Bonchev–Trinajstić information content (AvgIpc) is 3.27. The molecule has 0 unspecified atom stereocenters. The maximum atomic E-state index is 13.8. The molecule has 0 aliphatic carbocycles. The van der Waals surface area contributed by atoms with Gasteiger partial charge in [0.15, 0.2) is 0 Å². The fraction of sp³-hybridized carbons (Fsp3) is 0.280. The van der Waals surface area contributed by atoms with Crippen LogP contribution in [0.25, 0.3) is 44.1 Å². The van der Waals surface area contributed by atoms with Gasteiger partial charge in [0, 0.05) is 75.9 Å². The van der Waals surface area contributed by atoms with Crippen molar-refractivity contribution in [3.63, 3.8) is 0 Å². The smallest absolute Gasteiger partial charge is 0.123 e. The molecule has 302 valence electrons. The third-order valence-corrected chi connectivity index (χ3v) is 11.9. The first kappa shape index (κ1) is 40.2. The molecule has 0 bridgehead atoms. The minimum atomic E-state index is -0.261. The van der Waals surface area contributed by atoms with Crippen molar-refractivity contribution in [2.24, 2.45) is 0 Å². The Hall–Kier alpha value is -5.57. The van der Waals surface area contributed by atoms with Crippen molar-refractivity contribution in [1.82, 2.24) is 9.97 Å². The number of nitrogens with zero attached hydrogens (tertiary/aromatic N) is 4. The van der Waals surface area contributed by atoms with Crippen LogP contribution < -0.4 is 14.5 Å². The number of piperidine rings is 2. The van der Waals surface area contributed by atoms with Crippen molar-refractivity contribution in [1.29, 1.82) is 0 Å². The molecule has 2 saturated heterocycles. The number of aryl methyl sites for hydroxylation is 2. The summed E-state index contributed by atoms with van der Waals surface area (Å²) in [6.45, 7) is 8.48. The predicted molar refractivity (Wildman–Crippen MR) is 238 cm³/mol. The molecule has 0 spiro atoms. The minimum absolute atomic E-state index is 0.0879. The van der Waals surface area contributed by atoms with Crippen LogP contribution >= 0.6 is 11.6 Å². The van der Waals surface area contributed by atoms with Crippen LogP contribution in [-0.4, -0.2) is 41.3 Å². The van der Waals surface area contributed by atoms with E-state index in [1.165, 1.54) is 74.2 Å². The highest BCUT2D eigenvalue weighted by Crippen LogP contribution is 2.38. The van der Waals surface area contributed by atoms with E-state index in [2.05, 4.69) is 51.2 Å². The number of ether oxygens (including phenoxy) is 1. The third-order valence-electron chi connectivity index (χ3n) is 11.6. The quantitative estimate of drug-likeness (QED) is 0.165. The second kappa shape index (κ2) is 18.1. The number of hydrogen-bond donors (Lipinski definition) is 1. The summed E-state index contributed by atoms with van der Waals surface area (Å²) in [5, 5.41) is 12.7. The molecule has 9 heteroatoms. The van der Waals surface area contributed by atoms with Gasteiger partial charge in [0.2, 0.25) is 0 Å². The Labute approximate surface area is 350 Å². The molecule has 0 saturated carbocycles. The summed E-state index contributed by atoms with van der Waals surface area (Å²) < 4.78 is 33.3. The molecule has 9 rings (SSSR count). The first-order chi connectivity index (χ1) is 28.7. The fourth-order valence-corrected chi connectivity index (χ4v) is 8.60. The lowest BCUT2D eigenvalue weighted by molar-refractivity contribution is 0.281. The van der Waals surface area contributed by atoms with Gasteiger partial charge in [-0.2, -0.15) is 0 Å². The lowest BCUT2D eigenvalue weighted by atomic mass is 9.94. The minimum Gasteiger partial charge on any atom is -0.489 e. The maximum absolute atomic E-state index is 13.8. The molecule has 5 aromatic carbocycles. The summed E-state index contributed by atoms with van der Waals surface area (Å²) in [6, 6.07) is 33.4. The zero-order chi connectivity index (χ0) is 40.9. The van der Waals surface area contributed by atoms with Gasteiger partial charge in [-0.15, -0.1) is 0 Å². The van der Waals surface area contributed by atoms with E-state index < -0.39 is 0 Å². The molecular formula is C50H49ClF2N4O2. The van der Waals surface area contributed by atoms with Gasteiger partial charge in [0.25, 0.3) is 0 Å².